The highest BCUT2D eigenvalue weighted by Crippen LogP contribution is 2.34. The molecule has 1 unspecified atom stereocenters. The third-order valence-electron chi connectivity index (χ3n) is 4.40. The Morgan fingerprint density at radius 1 is 1.03 bits per heavy atom. The topological polar surface area (TPSA) is 105 Å². The predicted molar refractivity (Wildman–Crippen MR) is 119 cm³/mol. The smallest absolute Gasteiger partial charge is 0.244 e. The maximum absolute atomic E-state index is 12.2. The number of hydrogen-bond donors (Lipinski definition) is 1. The molecule has 1 atom stereocenters. The molecule has 1 aliphatic heterocycles. The van der Waals surface area contributed by atoms with Crippen LogP contribution in [-0.4, -0.2) is 30.4 Å². The summed E-state index contributed by atoms with van der Waals surface area (Å²) in [5.74, 6) is -0.0978. The van der Waals surface area contributed by atoms with Crippen molar-refractivity contribution >= 4 is 34.7 Å². The quantitative estimate of drug-likeness (QED) is 0.523. The summed E-state index contributed by atoms with van der Waals surface area (Å²) in [4.78, 5) is 14.2. The first-order valence-corrected chi connectivity index (χ1v) is 10.3. The summed E-state index contributed by atoms with van der Waals surface area (Å²) in [6.07, 6.45) is 2.42. The molecule has 30 heavy (non-hydrogen) atoms. The van der Waals surface area contributed by atoms with Gasteiger partial charge in [-0.05, 0) is 23.3 Å². The van der Waals surface area contributed by atoms with Crippen LogP contribution >= 0.6 is 11.8 Å². The van der Waals surface area contributed by atoms with Crippen molar-refractivity contribution in [2.45, 2.75) is 18.1 Å². The largest absolute Gasteiger partial charge is 0.369 e. The van der Waals surface area contributed by atoms with E-state index in [0.717, 1.165) is 16.8 Å². The minimum Gasteiger partial charge on any atom is -0.369 e. The van der Waals surface area contributed by atoms with Crippen LogP contribution in [0.3, 0.4) is 0 Å². The maximum atomic E-state index is 12.2. The van der Waals surface area contributed by atoms with Crippen molar-refractivity contribution in [3.8, 4) is 12.1 Å². The molecule has 1 aliphatic rings. The Kier molecular flexibility index (Phi) is 7.59. The van der Waals surface area contributed by atoms with Crippen LogP contribution in [0.25, 0.3) is 0 Å². The van der Waals surface area contributed by atoms with E-state index in [1.807, 2.05) is 59.5 Å². The molecule has 150 valence electrons. The van der Waals surface area contributed by atoms with Crippen LogP contribution in [0, 0.1) is 22.7 Å². The van der Waals surface area contributed by atoms with Gasteiger partial charge in [0.2, 0.25) is 5.91 Å². The van der Waals surface area contributed by atoms with Crippen molar-refractivity contribution in [2.24, 2.45) is 10.2 Å². The third kappa shape index (κ3) is 5.69. The Hall–Kier alpha value is -3.62. The van der Waals surface area contributed by atoms with Crippen molar-refractivity contribution in [3.63, 3.8) is 0 Å². The van der Waals surface area contributed by atoms with Gasteiger partial charge in [-0.3, -0.25) is 4.79 Å². The molecule has 3 rings (SSSR count). The number of thioether (sulfide) groups is 1. The second-order valence-electron chi connectivity index (χ2n) is 6.44. The van der Waals surface area contributed by atoms with Gasteiger partial charge in [-0.25, -0.2) is 0 Å². The number of nitrogens with zero attached hydrogens (tertiary/aromatic N) is 5. The molecule has 1 N–H and O–H groups in total. The van der Waals surface area contributed by atoms with E-state index >= 15 is 0 Å². The van der Waals surface area contributed by atoms with E-state index in [9.17, 15) is 4.79 Å². The zero-order valence-corrected chi connectivity index (χ0v) is 17.0. The van der Waals surface area contributed by atoms with E-state index in [4.69, 9.17) is 10.5 Å². The van der Waals surface area contributed by atoms with Gasteiger partial charge in [-0.2, -0.15) is 15.6 Å². The number of carbonyl (C=O) groups is 1. The summed E-state index contributed by atoms with van der Waals surface area (Å²) >= 11 is 1.34. The lowest BCUT2D eigenvalue weighted by molar-refractivity contribution is -0.118. The second-order valence-corrected chi connectivity index (χ2v) is 7.54. The molecular weight excluding hydrogens is 396 g/mol. The highest BCUT2D eigenvalue weighted by atomic mass is 32.2. The predicted octanol–water partition coefficient (Wildman–Crippen LogP) is 3.61. The Balaban J connectivity index is 1.62. The molecule has 0 aromatic heterocycles. The molecule has 0 bridgehead atoms. The molecular formula is C22H20N6OS. The van der Waals surface area contributed by atoms with Crippen LogP contribution in [-0.2, 0) is 4.79 Å². The third-order valence-corrected chi connectivity index (χ3v) is 5.53. The summed E-state index contributed by atoms with van der Waals surface area (Å²) < 4.78 is 0. The fourth-order valence-electron chi connectivity index (χ4n) is 2.92. The number of benzene rings is 2. The summed E-state index contributed by atoms with van der Waals surface area (Å²) in [5.41, 5.74) is 2.74. The lowest BCUT2D eigenvalue weighted by Gasteiger charge is -2.22. The van der Waals surface area contributed by atoms with Gasteiger partial charge in [-0.1, -0.05) is 54.2 Å². The number of nitrogens with one attached hydrogen (secondary N) is 1. The normalized spacial score (nSPS) is 16.9. The molecule has 0 aliphatic carbocycles. The van der Waals surface area contributed by atoms with Crippen LogP contribution in [0.4, 0.5) is 5.69 Å². The fourth-order valence-corrected chi connectivity index (χ4v) is 3.86. The summed E-state index contributed by atoms with van der Waals surface area (Å²) in [7, 11) is 0. The SMILES string of the molecule is N#CCCN(CCC#N)c1ccc(/C=N\N=C2/NC(=O)C(c3ccccc3)S2)cc1. The Labute approximate surface area is 179 Å². The minimum absolute atomic E-state index is 0.0978. The van der Waals surface area contributed by atoms with Gasteiger partial charge < -0.3 is 10.2 Å². The average Bonchev–Trinajstić information content (AvgIpc) is 3.15. The van der Waals surface area contributed by atoms with Gasteiger partial charge in [-0.15, -0.1) is 5.10 Å². The van der Waals surface area contributed by atoms with E-state index in [0.29, 0.717) is 31.1 Å². The van der Waals surface area contributed by atoms with Crippen LogP contribution < -0.4 is 10.2 Å². The molecule has 0 radical (unpaired) electrons. The van der Waals surface area contributed by atoms with Crippen LogP contribution in [0.5, 0.6) is 0 Å². The molecule has 0 saturated carbocycles. The van der Waals surface area contributed by atoms with Gasteiger partial charge in [0.1, 0.15) is 5.25 Å². The Morgan fingerprint density at radius 2 is 1.70 bits per heavy atom. The second kappa shape index (κ2) is 10.8. The van der Waals surface area contributed by atoms with E-state index in [1.54, 1.807) is 6.21 Å². The molecule has 1 fully saturated rings. The maximum Gasteiger partial charge on any atom is 0.244 e. The lowest BCUT2D eigenvalue weighted by Crippen LogP contribution is -2.25. The molecule has 1 amide bonds. The molecule has 8 heteroatoms. The summed E-state index contributed by atoms with van der Waals surface area (Å²) in [5, 5.41) is 28.8. The highest BCUT2D eigenvalue weighted by molar-refractivity contribution is 8.15. The highest BCUT2D eigenvalue weighted by Gasteiger charge is 2.31. The number of amides is 1. The van der Waals surface area contributed by atoms with Crippen molar-refractivity contribution in [1.82, 2.24) is 5.32 Å². The standard InChI is InChI=1S/C22H20N6OS/c23-12-4-14-28(15-5-13-24)19-10-8-17(9-11-19)16-25-27-22-26-21(29)20(30-22)18-6-2-1-3-7-18/h1-3,6-11,16,20H,4-5,14-15H2,(H,26,27,29)/b25-16-. The number of nitriles is 2. The van der Waals surface area contributed by atoms with Gasteiger partial charge in [0.15, 0.2) is 5.17 Å². The van der Waals surface area contributed by atoms with Gasteiger partial charge in [0.05, 0.1) is 31.2 Å². The van der Waals surface area contributed by atoms with E-state index in [2.05, 4.69) is 27.7 Å². The number of rotatable bonds is 8. The van der Waals surface area contributed by atoms with Gasteiger partial charge in [0.25, 0.3) is 0 Å². The van der Waals surface area contributed by atoms with Crippen LogP contribution in [0.1, 0.15) is 29.2 Å². The zero-order valence-electron chi connectivity index (χ0n) is 16.2. The lowest BCUT2D eigenvalue weighted by atomic mass is 10.1. The fraction of sp³-hybridized carbons (Fsp3) is 0.227. The van der Waals surface area contributed by atoms with E-state index in [1.165, 1.54) is 11.8 Å². The molecule has 0 spiro atoms. The van der Waals surface area contributed by atoms with E-state index in [-0.39, 0.29) is 11.2 Å². The number of anilines is 1. The monoisotopic (exact) mass is 416 g/mol. The van der Waals surface area contributed by atoms with Crippen molar-refractivity contribution < 1.29 is 4.79 Å². The molecule has 7 nitrogen and oxygen atoms in total. The number of carbonyl (C=O) groups excluding carboxylic acids is 1. The Morgan fingerprint density at radius 3 is 2.33 bits per heavy atom. The molecule has 1 heterocycles. The Bertz CT molecular complexity index is 987. The van der Waals surface area contributed by atoms with Crippen molar-refractivity contribution in [2.75, 3.05) is 18.0 Å². The van der Waals surface area contributed by atoms with Gasteiger partial charge >= 0.3 is 0 Å². The first-order valence-electron chi connectivity index (χ1n) is 9.43. The molecule has 2 aromatic rings. The van der Waals surface area contributed by atoms with Crippen LogP contribution in [0.15, 0.2) is 64.8 Å². The molecule has 2 aromatic carbocycles. The van der Waals surface area contributed by atoms with Crippen molar-refractivity contribution in [1.29, 1.82) is 10.5 Å². The first kappa shape index (κ1) is 21.1. The average molecular weight is 417 g/mol. The van der Waals surface area contributed by atoms with Crippen molar-refractivity contribution in [3.05, 3.63) is 65.7 Å². The van der Waals surface area contributed by atoms with Gasteiger partial charge in [0, 0.05) is 18.8 Å². The minimum atomic E-state index is -0.313. The zero-order chi connectivity index (χ0) is 21.2. The first-order chi connectivity index (χ1) is 14.7. The summed E-state index contributed by atoms with van der Waals surface area (Å²) in [6.45, 7) is 1.16. The number of hydrogen-bond acceptors (Lipinski definition) is 7. The van der Waals surface area contributed by atoms with Crippen LogP contribution in [0.2, 0.25) is 0 Å². The van der Waals surface area contributed by atoms with E-state index < -0.39 is 0 Å². The molecule has 1 saturated heterocycles. The summed E-state index contributed by atoms with van der Waals surface area (Å²) in [6, 6.07) is 21.5. The number of amidine groups is 1.